The zero-order chi connectivity index (χ0) is 7.73. The highest BCUT2D eigenvalue weighted by atomic mass is 16.1. The number of aliphatic imine (C=N–C) groups is 1. The van der Waals surface area contributed by atoms with Gasteiger partial charge in [-0.15, -0.1) is 0 Å². The number of hydrogen-bond acceptors (Lipinski definition) is 2. The third kappa shape index (κ3) is 1.10. The Kier molecular flexibility index (Phi) is 1.55. The molecule has 0 aromatic heterocycles. The zero-order valence-electron chi connectivity index (χ0n) is 6.68. The molecule has 0 radical (unpaired) electrons. The van der Waals surface area contributed by atoms with Crippen LogP contribution in [0.2, 0.25) is 0 Å². The van der Waals surface area contributed by atoms with E-state index < -0.39 is 0 Å². The molecule has 2 aliphatic rings. The molecule has 1 atom stereocenters. The molecule has 0 aromatic rings. The second-order valence-electron chi connectivity index (χ2n) is 3.51. The van der Waals surface area contributed by atoms with Gasteiger partial charge in [0.25, 0.3) is 0 Å². The van der Waals surface area contributed by atoms with E-state index in [2.05, 4.69) is 4.99 Å². The van der Waals surface area contributed by atoms with Crippen LogP contribution in [0, 0.1) is 0 Å². The van der Waals surface area contributed by atoms with Gasteiger partial charge in [-0.2, -0.15) is 0 Å². The summed E-state index contributed by atoms with van der Waals surface area (Å²) in [5, 5.41) is 0. The Hall–Kier alpha value is -0.660. The van der Waals surface area contributed by atoms with Crippen LogP contribution in [-0.2, 0) is 4.79 Å². The van der Waals surface area contributed by atoms with Gasteiger partial charge in [0.2, 0.25) is 0 Å². The van der Waals surface area contributed by atoms with E-state index >= 15 is 0 Å². The summed E-state index contributed by atoms with van der Waals surface area (Å²) in [6.45, 7) is 0. The number of aldehydes is 1. The molecule has 11 heavy (non-hydrogen) atoms. The smallest absolute Gasteiger partial charge is 0.153 e. The van der Waals surface area contributed by atoms with Gasteiger partial charge >= 0.3 is 0 Å². The molecule has 2 nitrogen and oxygen atoms in total. The molecule has 60 valence electrons. The van der Waals surface area contributed by atoms with Crippen molar-refractivity contribution in [2.45, 2.75) is 44.1 Å². The van der Waals surface area contributed by atoms with E-state index in [-0.39, 0.29) is 5.54 Å². The molecule has 2 rings (SSSR count). The Morgan fingerprint density at radius 1 is 1.27 bits per heavy atom. The number of nitrogens with zero attached hydrogens (tertiary/aromatic N) is 1. The highest BCUT2D eigenvalue weighted by Gasteiger charge is 2.45. The first-order valence-electron chi connectivity index (χ1n) is 4.43. The molecule has 1 saturated carbocycles. The van der Waals surface area contributed by atoms with Crippen molar-refractivity contribution in [2.75, 3.05) is 0 Å². The van der Waals surface area contributed by atoms with E-state index in [1.54, 1.807) is 0 Å². The summed E-state index contributed by atoms with van der Waals surface area (Å²) in [5.41, 5.74) is 0.896. The summed E-state index contributed by atoms with van der Waals surface area (Å²) in [6, 6.07) is 0. The van der Waals surface area contributed by atoms with E-state index in [4.69, 9.17) is 0 Å². The van der Waals surface area contributed by atoms with Crippen LogP contribution in [0.1, 0.15) is 38.5 Å². The molecule has 1 heterocycles. The highest BCUT2D eigenvalue weighted by molar-refractivity contribution is 6.17. The quantitative estimate of drug-likeness (QED) is 0.525. The van der Waals surface area contributed by atoms with Gasteiger partial charge in [0.1, 0.15) is 0 Å². The van der Waals surface area contributed by atoms with Gasteiger partial charge in [-0.3, -0.25) is 4.99 Å². The second-order valence-corrected chi connectivity index (χ2v) is 3.51. The first kappa shape index (κ1) is 7.01. The van der Waals surface area contributed by atoms with Crippen LogP contribution >= 0.6 is 0 Å². The van der Waals surface area contributed by atoms with Gasteiger partial charge in [-0.1, -0.05) is 19.3 Å². The molecule has 1 fully saturated rings. The van der Waals surface area contributed by atoms with E-state index in [0.717, 1.165) is 19.1 Å². The SMILES string of the molecule is O=CC12CCCCCCC1=N2. The van der Waals surface area contributed by atoms with Crippen molar-refractivity contribution in [3.8, 4) is 0 Å². The van der Waals surface area contributed by atoms with Gasteiger partial charge in [0, 0.05) is 5.71 Å². The standard InChI is InChI=1S/C9H13NO/c11-7-9-6-4-2-1-3-5-8(9)10-9/h7H,1-6H2. The Morgan fingerprint density at radius 3 is 2.91 bits per heavy atom. The number of carbonyl (C=O) groups excluding carboxylic acids is 1. The molecule has 0 amide bonds. The first-order valence-corrected chi connectivity index (χ1v) is 4.43. The van der Waals surface area contributed by atoms with Gasteiger partial charge in [-0.05, 0) is 19.3 Å². The van der Waals surface area contributed by atoms with Gasteiger partial charge < -0.3 is 4.79 Å². The maximum Gasteiger partial charge on any atom is 0.153 e. The lowest BCUT2D eigenvalue weighted by atomic mass is 9.91. The van der Waals surface area contributed by atoms with Crippen molar-refractivity contribution >= 4 is 12.0 Å². The van der Waals surface area contributed by atoms with E-state index in [9.17, 15) is 4.79 Å². The Bertz CT molecular complexity index is 210. The fourth-order valence-corrected chi connectivity index (χ4v) is 1.88. The average molecular weight is 151 g/mol. The topological polar surface area (TPSA) is 29.4 Å². The minimum absolute atomic E-state index is 0.277. The van der Waals surface area contributed by atoms with Crippen molar-refractivity contribution in [3.05, 3.63) is 0 Å². The highest BCUT2D eigenvalue weighted by Crippen LogP contribution is 2.36. The lowest BCUT2D eigenvalue weighted by Crippen LogP contribution is -2.21. The summed E-state index contributed by atoms with van der Waals surface area (Å²) in [4.78, 5) is 14.9. The van der Waals surface area contributed by atoms with Gasteiger partial charge in [0.05, 0.1) is 0 Å². The fraction of sp³-hybridized carbons (Fsp3) is 0.778. The molecular weight excluding hydrogens is 138 g/mol. The summed E-state index contributed by atoms with van der Waals surface area (Å²) >= 11 is 0. The number of hydrogen-bond donors (Lipinski definition) is 0. The molecule has 0 aromatic carbocycles. The van der Waals surface area contributed by atoms with Crippen molar-refractivity contribution in [2.24, 2.45) is 4.99 Å². The minimum Gasteiger partial charge on any atom is -0.300 e. The fourth-order valence-electron chi connectivity index (χ4n) is 1.88. The van der Waals surface area contributed by atoms with Crippen LogP contribution in [0.15, 0.2) is 4.99 Å². The van der Waals surface area contributed by atoms with Crippen molar-refractivity contribution in [3.63, 3.8) is 0 Å². The lowest BCUT2D eigenvalue weighted by Gasteiger charge is -2.10. The summed E-state index contributed by atoms with van der Waals surface area (Å²) in [6.07, 6.45) is 8.07. The predicted octanol–water partition coefficient (Wildman–Crippen LogP) is 1.73. The molecular formula is C9H13NO. The van der Waals surface area contributed by atoms with Crippen LogP contribution in [0.3, 0.4) is 0 Å². The average Bonchev–Trinajstić information content (AvgIpc) is 2.64. The second kappa shape index (κ2) is 2.43. The van der Waals surface area contributed by atoms with Crippen molar-refractivity contribution < 1.29 is 4.79 Å². The molecule has 1 unspecified atom stereocenters. The van der Waals surface area contributed by atoms with E-state index in [1.165, 1.54) is 31.4 Å². The molecule has 0 spiro atoms. The monoisotopic (exact) mass is 151 g/mol. The van der Waals surface area contributed by atoms with E-state index in [0.29, 0.717) is 0 Å². The van der Waals surface area contributed by atoms with Crippen LogP contribution in [0.25, 0.3) is 0 Å². The van der Waals surface area contributed by atoms with Crippen LogP contribution in [0.4, 0.5) is 0 Å². The van der Waals surface area contributed by atoms with Gasteiger partial charge in [0.15, 0.2) is 11.8 Å². The Morgan fingerprint density at radius 2 is 2.09 bits per heavy atom. The van der Waals surface area contributed by atoms with Crippen molar-refractivity contribution in [1.82, 2.24) is 0 Å². The zero-order valence-corrected chi connectivity index (χ0v) is 6.68. The van der Waals surface area contributed by atoms with Gasteiger partial charge in [-0.25, -0.2) is 0 Å². The molecule has 0 N–H and O–H groups in total. The Balaban J connectivity index is 2.01. The summed E-state index contributed by atoms with van der Waals surface area (Å²) in [5.74, 6) is 0. The van der Waals surface area contributed by atoms with Crippen LogP contribution in [-0.4, -0.2) is 17.5 Å². The third-order valence-corrected chi connectivity index (χ3v) is 2.70. The molecule has 0 saturated heterocycles. The number of rotatable bonds is 1. The maximum absolute atomic E-state index is 10.7. The first-order chi connectivity index (χ1) is 5.37. The summed E-state index contributed by atoms with van der Waals surface area (Å²) < 4.78 is 0. The van der Waals surface area contributed by atoms with Crippen LogP contribution in [0.5, 0.6) is 0 Å². The maximum atomic E-state index is 10.7. The third-order valence-electron chi connectivity index (χ3n) is 2.70. The molecule has 2 heteroatoms. The normalized spacial score (nSPS) is 36.2. The molecule has 0 bridgehead atoms. The van der Waals surface area contributed by atoms with Crippen molar-refractivity contribution in [1.29, 1.82) is 0 Å². The number of carbonyl (C=O) groups is 1. The van der Waals surface area contributed by atoms with Crippen LogP contribution < -0.4 is 0 Å². The predicted molar refractivity (Wildman–Crippen MR) is 43.9 cm³/mol. The van der Waals surface area contributed by atoms with E-state index in [1.807, 2.05) is 0 Å². The molecule has 1 aliphatic carbocycles. The lowest BCUT2D eigenvalue weighted by molar-refractivity contribution is -0.109. The summed E-state index contributed by atoms with van der Waals surface area (Å²) in [7, 11) is 0. The minimum atomic E-state index is -0.277. The number of fused-ring (bicyclic) bond motifs is 1. The molecule has 1 aliphatic heterocycles. The Labute approximate surface area is 66.7 Å². The largest absolute Gasteiger partial charge is 0.300 e.